The Morgan fingerprint density at radius 1 is 1.16 bits per heavy atom. The molecular weight excluding hydrogens is 427 g/mol. The first-order chi connectivity index (χ1) is 11.7. The number of esters is 1. The van der Waals surface area contributed by atoms with E-state index in [0.29, 0.717) is 10.5 Å². The number of hydrogen-bond acceptors (Lipinski definition) is 3. The zero-order chi connectivity index (χ0) is 18.7. The molecule has 2 aromatic carbocycles. The van der Waals surface area contributed by atoms with E-state index >= 15 is 0 Å². The number of nitrogens with one attached hydrogen (secondary N) is 1. The molecule has 0 saturated heterocycles. The molecule has 0 spiro atoms. The quantitative estimate of drug-likeness (QED) is 0.558. The lowest BCUT2D eigenvalue weighted by Crippen LogP contribution is -2.30. The normalized spacial score (nSPS) is 11.8. The average Bonchev–Trinajstić information content (AvgIpc) is 2.57. The van der Waals surface area contributed by atoms with Gasteiger partial charge in [-0.25, -0.2) is 18.0 Å². The first kappa shape index (κ1) is 19.3. The molecule has 0 aromatic heterocycles. The summed E-state index contributed by atoms with van der Waals surface area (Å²) in [6.45, 7) is 1.23. The van der Waals surface area contributed by atoms with Crippen molar-refractivity contribution in [2.45, 2.75) is 13.0 Å². The third-order valence-corrected chi connectivity index (χ3v) is 3.92. The first-order valence-electron chi connectivity index (χ1n) is 6.81. The molecule has 0 radical (unpaired) electrons. The predicted molar refractivity (Wildman–Crippen MR) is 89.0 cm³/mol. The van der Waals surface area contributed by atoms with Crippen LogP contribution < -0.4 is 5.32 Å². The number of hydrogen-bond donors (Lipinski definition) is 1. The molecule has 132 valence electrons. The maximum absolute atomic E-state index is 13.6. The van der Waals surface area contributed by atoms with Crippen LogP contribution in [0.2, 0.25) is 5.02 Å². The lowest BCUT2D eigenvalue weighted by Gasteiger charge is -2.14. The van der Waals surface area contributed by atoms with E-state index in [9.17, 15) is 22.8 Å². The smallest absolute Gasteiger partial charge is 0.340 e. The second-order valence-electron chi connectivity index (χ2n) is 4.88. The van der Waals surface area contributed by atoms with Gasteiger partial charge in [0.2, 0.25) is 0 Å². The summed E-state index contributed by atoms with van der Waals surface area (Å²) in [4.78, 5) is 24.0. The summed E-state index contributed by atoms with van der Waals surface area (Å²) in [5.74, 6) is -6.46. The molecule has 4 nitrogen and oxygen atoms in total. The lowest BCUT2D eigenvalue weighted by molar-refractivity contribution is -0.123. The summed E-state index contributed by atoms with van der Waals surface area (Å²) in [6, 6.07) is 5.99. The molecule has 1 atom stereocenters. The van der Waals surface area contributed by atoms with Crippen molar-refractivity contribution in [2.75, 3.05) is 5.32 Å². The molecule has 2 aromatic rings. The van der Waals surface area contributed by atoms with Crippen LogP contribution in [-0.2, 0) is 9.53 Å². The molecule has 0 aliphatic heterocycles. The van der Waals surface area contributed by atoms with Crippen LogP contribution in [0.4, 0.5) is 18.9 Å². The molecule has 25 heavy (non-hydrogen) atoms. The highest BCUT2D eigenvalue weighted by Crippen LogP contribution is 2.23. The van der Waals surface area contributed by atoms with Gasteiger partial charge in [0, 0.05) is 4.47 Å². The minimum absolute atomic E-state index is 0.0229. The summed E-state index contributed by atoms with van der Waals surface area (Å²) in [6.07, 6.45) is -1.34. The minimum Gasteiger partial charge on any atom is -0.449 e. The summed E-state index contributed by atoms with van der Waals surface area (Å²) in [5, 5.41) is 2.14. The largest absolute Gasteiger partial charge is 0.449 e. The highest BCUT2D eigenvalue weighted by atomic mass is 79.9. The Morgan fingerprint density at radius 3 is 2.52 bits per heavy atom. The zero-order valence-electron chi connectivity index (χ0n) is 12.6. The van der Waals surface area contributed by atoms with Crippen molar-refractivity contribution in [1.82, 2.24) is 0 Å². The number of anilines is 1. The fourth-order valence-corrected chi connectivity index (χ4v) is 2.34. The van der Waals surface area contributed by atoms with Crippen molar-refractivity contribution in [3.8, 4) is 0 Å². The number of benzene rings is 2. The molecule has 0 aliphatic rings. The van der Waals surface area contributed by atoms with Gasteiger partial charge < -0.3 is 10.1 Å². The van der Waals surface area contributed by atoms with Crippen molar-refractivity contribution in [2.24, 2.45) is 0 Å². The van der Waals surface area contributed by atoms with Gasteiger partial charge in [-0.15, -0.1) is 0 Å². The van der Waals surface area contributed by atoms with Crippen LogP contribution in [0.25, 0.3) is 0 Å². The monoisotopic (exact) mass is 435 g/mol. The van der Waals surface area contributed by atoms with Gasteiger partial charge in [-0.1, -0.05) is 27.5 Å². The lowest BCUT2D eigenvalue weighted by atomic mass is 10.2. The van der Waals surface area contributed by atoms with Crippen molar-refractivity contribution >= 4 is 45.1 Å². The average molecular weight is 437 g/mol. The second-order valence-corrected chi connectivity index (χ2v) is 6.21. The van der Waals surface area contributed by atoms with Crippen LogP contribution in [0.1, 0.15) is 17.3 Å². The molecule has 1 N–H and O–H groups in total. The fourth-order valence-electron chi connectivity index (χ4n) is 1.79. The molecule has 2 rings (SSSR count). The third-order valence-electron chi connectivity index (χ3n) is 3.09. The van der Waals surface area contributed by atoms with Gasteiger partial charge in [-0.2, -0.15) is 0 Å². The van der Waals surface area contributed by atoms with Gasteiger partial charge in [0.1, 0.15) is 0 Å². The summed E-state index contributed by atoms with van der Waals surface area (Å²) in [7, 11) is 0. The number of ether oxygens (including phenoxy) is 1. The van der Waals surface area contributed by atoms with Gasteiger partial charge in [-0.3, -0.25) is 4.79 Å². The Bertz CT molecular complexity index is 848. The molecule has 0 fully saturated rings. The summed E-state index contributed by atoms with van der Waals surface area (Å²) >= 11 is 9.06. The number of carbonyl (C=O) groups excluding carboxylic acids is 2. The topological polar surface area (TPSA) is 55.4 Å². The summed E-state index contributed by atoms with van der Waals surface area (Å²) in [5.41, 5.74) is -0.554. The van der Waals surface area contributed by atoms with Gasteiger partial charge in [0.15, 0.2) is 23.6 Å². The standard InChI is InChI=1S/C16H10BrClF3NO3/c1-7(25-16(24)9-6-8(17)2-3-10(9)18)15(23)22-12-5-4-11(19)13(20)14(12)21/h2-7H,1H3,(H,22,23). The number of amides is 1. The first-order valence-corrected chi connectivity index (χ1v) is 7.98. The van der Waals surface area contributed by atoms with Crippen molar-refractivity contribution in [1.29, 1.82) is 0 Å². The van der Waals surface area contributed by atoms with Crippen molar-refractivity contribution < 1.29 is 27.5 Å². The van der Waals surface area contributed by atoms with E-state index in [0.717, 1.165) is 6.07 Å². The van der Waals surface area contributed by atoms with E-state index in [1.165, 1.54) is 19.1 Å². The van der Waals surface area contributed by atoms with Crippen molar-refractivity contribution in [3.63, 3.8) is 0 Å². The van der Waals surface area contributed by atoms with Gasteiger partial charge in [0.25, 0.3) is 5.91 Å². The number of carbonyl (C=O) groups is 2. The van der Waals surface area contributed by atoms with Gasteiger partial charge >= 0.3 is 5.97 Å². The van der Waals surface area contributed by atoms with Crippen LogP contribution in [0.5, 0.6) is 0 Å². The molecule has 1 unspecified atom stereocenters. The van der Waals surface area contributed by atoms with E-state index in [1.54, 1.807) is 6.07 Å². The maximum atomic E-state index is 13.6. The van der Waals surface area contributed by atoms with Crippen LogP contribution in [0.15, 0.2) is 34.8 Å². The van der Waals surface area contributed by atoms with Crippen molar-refractivity contribution in [3.05, 3.63) is 62.8 Å². The zero-order valence-corrected chi connectivity index (χ0v) is 14.9. The SMILES string of the molecule is CC(OC(=O)c1cc(Br)ccc1Cl)C(=O)Nc1ccc(F)c(F)c1F. The van der Waals surface area contributed by atoms with E-state index in [2.05, 4.69) is 15.9 Å². The molecule has 0 bridgehead atoms. The molecule has 0 saturated carbocycles. The maximum Gasteiger partial charge on any atom is 0.340 e. The Morgan fingerprint density at radius 2 is 1.84 bits per heavy atom. The van der Waals surface area contributed by atoms with E-state index < -0.39 is 41.1 Å². The molecule has 0 heterocycles. The van der Waals surface area contributed by atoms with E-state index in [1.807, 2.05) is 5.32 Å². The summed E-state index contributed by atoms with van der Waals surface area (Å²) < 4.78 is 45.1. The Hall–Kier alpha value is -2.06. The van der Waals surface area contributed by atoms with Crippen LogP contribution in [0.3, 0.4) is 0 Å². The van der Waals surface area contributed by atoms with E-state index in [4.69, 9.17) is 16.3 Å². The Balaban J connectivity index is 2.09. The number of halogens is 5. The van der Waals surface area contributed by atoms with Crippen LogP contribution in [0, 0.1) is 17.5 Å². The van der Waals surface area contributed by atoms with Gasteiger partial charge in [0.05, 0.1) is 16.3 Å². The highest BCUT2D eigenvalue weighted by molar-refractivity contribution is 9.10. The third kappa shape index (κ3) is 4.52. The predicted octanol–water partition coefficient (Wildman–Crippen LogP) is 4.70. The second kappa shape index (κ2) is 7.88. The van der Waals surface area contributed by atoms with Crippen LogP contribution >= 0.6 is 27.5 Å². The highest BCUT2D eigenvalue weighted by Gasteiger charge is 2.23. The molecular formula is C16H10BrClF3NO3. The minimum atomic E-state index is -1.72. The van der Waals surface area contributed by atoms with Crippen LogP contribution in [-0.4, -0.2) is 18.0 Å². The fraction of sp³-hybridized carbons (Fsp3) is 0.125. The van der Waals surface area contributed by atoms with Gasteiger partial charge in [-0.05, 0) is 37.3 Å². The molecule has 0 aliphatic carbocycles. The Kier molecular flexibility index (Phi) is 6.07. The number of rotatable bonds is 4. The molecule has 9 heteroatoms. The molecule has 1 amide bonds. The Labute approximate surface area is 154 Å². The van der Waals surface area contributed by atoms with E-state index in [-0.39, 0.29) is 10.6 Å².